The van der Waals surface area contributed by atoms with Crippen LogP contribution in [0.2, 0.25) is 0 Å². The summed E-state index contributed by atoms with van der Waals surface area (Å²) >= 11 is 0. The average Bonchev–Trinajstić information content (AvgIpc) is 3.02. The lowest BCUT2D eigenvalue weighted by molar-refractivity contribution is -0.0932. The number of fused-ring (bicyclic) bond motifs is 1. The van der Waals surface area contributed by atoms with Gasteiger partial charge in [-0.15, -0.1) is 0 Å². The van der Waals surface area contributed by atoms with Crippen molar-refractivity contribution in [2.24, 2.45) is 0 Å². The van der Waals surface area contributed by atoms with Crippen molar-refractivity contribution in [2.45, 2.75) is 64.1 Å². The molecular formula is C18H28N2O. The zero-order valence-electron chi connectivity index (χ0n) is 13.4. The molecule has 0 amide bonds. The summed E-state index contributed by atoms with van der Waals surface area (Å²) in [5.74, 6) is 0. The fourth-order valence-electron chi connectivity index (χ4n) is 3.76. The Balaban J connectivity index is 1.62. The Morgan fingerprint density at radius 3 is 3.00 bits per heavy atom. The summed E-state index contributed by atoms with van der Waals surface area (Å²) in [6, 6.07) is 7.26. The molecule has 1 saturated heterocycles. The Hall–Kier alpha value is -1.06. The van der Waals surface area contributed by atoms with Gasteiger partial charge in [0.2, 0.25) is 0 Å². The van der Waals surface area contributed by atoms with Crippen LogP contribution in [0.5, 0.6) is 0 Å². The Kier molecular flexibility index (Phi) is 4.51. The topological polar surface area (TPSA) is 33.3 Å². The van der Waals surface area contributed by atoms with Gasteiger partial charge in [-0.3, -0.25) is 0 Å². The lowest BCUT2D eigenvalue weighted by Crippen LogP contribution is -2.46. The minimum atomic E-state index is 0.104. The summed E-state index contributed by atoms with van der Waals surface area (Å²) in [5.41, 5.74) is 4.36. The van der Waals surface area contributed by atoms with Gasteiger partial charge in [-0.1, -0.05) is 32.0 Å². The Labute approximate surface area is 128 Å². The van der Waals surface area contributed by atoms with E-state index in [9.17, 15) is 0 Å². The summed E-state index contributed by atoms with van der Waals surface area (Å²) in [5, 5.41) is 7.30. The molecule has 2 N–H and O–H groups in total. The third-order valence-electron chi connectivity index (χ3n) is 5.30. The van der Waals surface area contributed by atoms with Crippen molar-refractivity contribution in [3.05, 3.63) is 29.3 Å². The van der Waals surface area contributed by atoms with E-state index in [1.54, 1.807) is 0 Å². The maximum Gasteiger partial charge on any atom is 0.0692 e. The van der Waals surface area contributed by atoms with Crippen molar-refractivity contribution >= 4 is 5.69 Å². The SMILES string of the molecule is CCC1(CC)CC(NCc2cccc3c2NCC3)CCO1. The van der Waals surface area contributed by atoms with E-state index in [1.807, 2.05) is 0 Å². The van der Waals surface area contributed by atoms with Crippen LogP contribution in [0.4, 0.5) is 5.69 Å². The molecule has 0 radical (unpaired) electrons. The number of ether oxygens (including phenoxy) is 1. The molecule has 0 bridgehead atoms. The van der Waals surface area contributed by atoms with Gasteiger partial charge in [0, 0.05) is 31.4 Å². The third-order valence-corrected chi connectivity index (χ3v) is 5.30. The van der Waals surface area contributed by atoms with Gasteiger partial charge in [-0.05, 0) is 43.2 Å². The van der Waals surface area contributed by atoms with Crippen molar-refractivity contribution in [3.8, 4) is 0 Å². The summed E-state index contributed by atoms with van der Waals surface area (Å²) < 4.78 is 6.07. The second-order valence-electron chi connectivity index (χ2n) is 6.44. The van der Waals surface area contributed by atoms with Crippen LogP contribution in [0.3, 0.4) is 0 Å². The highest BCUT2D eigenvalue weighted by Gasteiger charge is 2.34. The molecule has 1 atom stereocenters. The molecule has 3 heteroatoms. The number of anilines is 1. The van der Waals surface area contributed by atoms with Gasteiger partial charge in [0.1, 0.15) is 0 Å². The van der Waals surface area contributed by atoms with Gasteiger partial charge >= 0.3 is 0 Å². The van der Waals surface area contributed by atoms with E-state index in [1.165, 1.54) is 16.8 Å². The molecule has 1 aromatic rings. The van der Waals surface area contributed by atoms with Crippen molar-refractivity contribution in [3.63, 3.8) is 0 Å². The molecule has 1 unspecified atom stereocenters. The first-order chi connectivity index (χ1) is 10.3. The monoisotopic (exact) mass is 288 g/mol. The number of hydrogen-bond acceptors (Lipinski definition) is 3. The number of benzene rings is 1. The normalized spacial score (nSPS) is 23.6. The lowest BCUT2D eigenvalue weighted by Gasteiger charge is -2.40. The Morgan fingerprint density at radius 2 is 2.19 bits per heavy atom. The molecule has 2 heterocycles. The van der Waals surface area contributed by atoms with Crippen LogP contribution in [0.25, 0.3) is 0 Å². The highest BCUT2D eigenvalue weighted by atomic mass is 16.5. The molecule has 3 nitrogen and oxygen atoms in total. The molecule has 2 aliphatic heterocycles. The summed E-state index contributed by atoms with van der Waals surface area (Å²) in [7, 11) is 0. The zero-order chi connectivity index (χ0) is 14.7. The standard InChI is InChI=1S/C18H28N2O/c1-3-18(4-2)12-16(9-11-21-18)20-13-15-7-5-6-14-8-10-19-17(14)15/h5-7,16,19-20H,3-4,8-13H2,1-2H3. The largest absolute Gasteiger partial charge is 0.384 e. The van der Waals surface area contributed by atoms with E-state index in [-0.39, 0.29) is 5.60 Å². The van der Waals surface area contributed by atoms with E-state index in [2.05, 4.69) is 42.7 Å². The first-order valence-corrected chi connectivity index (χ1v) is 8.48. The van der Waals surface area contributed by atoms with E-state index < -0.39 is 0 Å². The third kappa shape index (κ3) is 3.09. The minimum Gasteiger partial charge on any atom is -0.384 e. The van der Waals surface area contributed by atoms with Gasteiger partial charge in [-0.25, -0.2) is 0 Å². The first kappa shape index (κ1) is 14.9. The Morgan fingerprint density at radius 1 is 1.33 bits per heavy atom. The van der Waals surface area contributed by atoms with Crippen LogP contribution in [0.15, 0.2) is 18.2 Å². The number of rotatable bonds is 5. The summed E-state index contributed by atoms with van der Waals surface area (Å²) in [4.78, 5) is 0. The van der Waals surface area contributed by atoms with Gasteiger partial charge in [-0.2, -0.15) is 0 Å². The number of hydrogen-bond donors (Lipinski definition) is 2. The zero-order valence-corrected chi connectivity index (χ0v) is 13.4. The van der Waals surface area contributed by atoms with Crippen molar-refractivity contribution in [1.82, 2.24) is 5.32 Å². The van der Waals surface area contributed by atoms with E-state index >= 15 is 0 Å². The van der Waals surface area contributed by atoms with Gasteiger partial charge in [0.25, 0.3) is 0 Å². The maximum absolute atomic E-state index is 6.07. The highest BCUT2D eigenvalue weighted by molar-refractivity contribution is 5.61. The molecule has 116 valence electrons. The number of para-hydroxylation sites is 1. The van der Waals surface area contributed by atoms with Crippen LogP contribution in [-0.4, -0.2) is 24.8 Å². The molecule has 0 saturated carbocycles. The average molecular weight is 288 g/mol. The molecule has 3 rings (SSSR count). The van der Waals surface area contributed by atoms with Crippen LogP contribution in [0.1, 0.15) is 50.7 Å². The molecule has 1 aromatic carbocycles. The second kappa shape index (κ2) is 6.37. The van der Waals surface area contributed by atoms with Gasteiger partial charge in [0.05, 0.1) is 5.60 Å². The predicted octanol–water partition coefficient (Wildman–Crippen LogP) is 3.48. The molecule has 21 heavy (non-hydrogen) atoms. The first-order valence-electron chi connectivity index (χ1n) is 8.48. The molecule has 2 aliphatic rings. The van der Waals surface area contributed by atoms with Crippen LogP contribution >= 0.6 is 0 Å². The molecular weight excluding hydrogens is 260 g/mol. The fourth-order valence-corrected chi connectivity index (χ4v) is 3.76. The van der Waals surface area contributed by atoms with Crippen LogP contribution in [-0.2, 0) is 17.7 Å². The maximum atomic E-state index is 6.07. The van der Waals surface area contributed by atoms with Crippen molar-refractivity contribution < 1.29 is 4.74 Å². The van der Waals surface area contributed by atoms with E-state index in [0.29, 0.717) is 6.04 Å². The molecule has 0 aromatic heterocycles. The summed E-state index contributed by atoms with van der Waals surface area (Å²) in [6.45, 7) is 7.44. The highest BCUT2D eigenvalue weighted by Crippen LogP contribution is 2.32. The minimum absolute atomic E-state index is 0.104. The van der Waals surface area contributed by atoms with Gasteiger partial charge < -0.3 is 15.4 Å². The quantitative estimate of drug-likeness (QED) is 0.870. The molecule has 0 spiro atoms. The van der Waals surface area contributed by atoms with Gasteiger partial charge in [0.15, 0.2) is 0 Å². The molecule has 1 fully saturated rings. The lowest BCUT2D eigenvalue weighted by atomic mass is 9.86. The number of nitrogens with one attached hydrogen (secondary N) is 2. The van der Waals surface area contributed by atoms with Crippen molar-refractivity contribution in [2.75, 3.05) is 18.5 Å². The molecule has 0 aliphatic carbocycles. The van der Waals surface area contributed by atoms with Crippen LogP contribution in [0, 0.1) is 0 Å². The predicted molar refractivity (Wildman–Crippen MR) is 87.8 cm³/mol. The van der Waals surface area contributed by atoms with Crippen LogP contribution < -0.4 is 10.6 Å². The fraction of sp³-hybridized carbons (Fsp3) is 0.667. The Bertz CT molecular complexity index is 482. The smallest absolute Gasteiger partial charge is 0.0692 e. The second-order valence-corrected chi connectivity index (χ2v) is 6.44. The van der Waals surface area contributed by atoms with E-state index in [0.717, 1.165) is 51.8 Å². The summed E-state index contributed by atoms with van der Waals surface area (Å²) in [6.07, 6.45) is 5.66. The van der Waals surface area contributed by atoms with E-state index in [4.69, 9.17) is 4.74 Å². The van der Waals surface area contributed by atoms with Crippen molar-refractivity contribution in [1.29, 1.82) is 0 Å².